The minimum atomic E-state index is -0.674. The van der Waals surface area contributed by atoms with Crippen molar-refractivity contribution in [3.05, 3.63) is 12.3 Å². The first-order valence-electron chi connectivity index (χ1n) is 10.8. The van der Waals surface area contributed by atoms with Gasteiger partial charge in [-0.05, 0) is 31.8 Å². The first kappa shape index (κ1) is 20.7. The maximum absolute atomic E-state index is 13.4. The second-order valence-electron chi connectivity index (χ2n) is 8.17. The number of carbonyl (C=O) groups is 2. The van der Waals surface area contributed by atoms with E-state index in [-0.39, 0.29) is 24.0 Å². The number of likely N-dealkylation sites (tertiary alicyclic amines) is 1. The van der Waals surface area contributed by atoms with Crippen LogP contribution in [0.3, 0.4) is 0 Å². The Labute approximate surface area is 168 Å². The number of unbranched alkanes of at least 4 members (excludes halogenated alkanes) is 2. The van der Waals surface area contributed by atoms with Gasteiger partial charge in [0.15, 0.2) is 12.1 Å². The quantitative estimate of drug-likeness (QED) is 0.690. The summed E-state index contributed by atoms with van der Waals surface area (Å²) in [4.78, 5) is 34.2. The van der Waals surface area contributed by atoms with E-state index in [9.17, 15) is 9.59 Å². The molecule has 2 amide bonds. The lowest BCUT2D eigenvalue weighted by molar-refractivity contribution is -0.141. The molecule has 1 atom stereocenters. The number of nitrogens with two attached hydrogens (primary N) is 1. The summed E-state index contributed by atoms with van der Waals surface area (Å²) in [6.45, 7) is 5.51. The zero-order chi connectivity index (χ0) is 20.1. The van der Waals surface area contributed by atoms with E-state index in [0.717, 1.165) is 51.4 Å². The second-order valence-corrected chi connectivity index (χ2v) is 8.17. The van der Waals surface area contributed by atoms with E-state index in [2.05, 4.69) is 13.8 Å². The maximum atomic E-state index is 13.4. The van der Waals surface area contributed by atoms with Gasteiger partial charge in [-0.25, -0.2) is 4.99 Å². The van der Waals surface area contributed by atoms with E-state index in [1.54, 1.807) is 11.2 Å². The predicted molar refractivity (Wildman–Crippen MR) is 108 cm³/mol. The molecule has 3 aliphatic heterocycles. The minimum Gasteiger partial charge on any atom is -0.488 e. The van der Waals surface area contributed by atoms with Crippen LogP contribution in [0.1, 0.15) is 71.6 Å². The number of hydrogen-bond acceptors (Lipinski definition) is 5. The molecular weight excluding hydrogens is 356 g/mol. The topological polar surface area (TPSA) is 88.2 Å². The van der Waals surface area contributed by atoms with Gasteiger partial charge >= 0.3 is 0 Å². The first-order chi connectivity index (χ1) is 13.5. The largest absolute Gasteiger partial charge is 0.488 e. The summed E-state index contributed by atoms with van der Waals surface area (Å²) in [6.07, 6.45) is 10.7. The Kier molecular flexibility index (Phi) is 6.62. The monoisotopic (exact) mass is 390 g/mol. The predicted octanol–water partition coefficient (Wildman–Crippen LogP) is 2.56. The third-order valence-electron chi connectivity index (χ3n) is 6.19. The van der Waals surface area contributed by atoms with Gasteiger partial charge in [0.05, 0.1) is 6.26 Å². The molecule has 1 saturated heterocycles. The molecule has 7 heteroatoms. The smallest absolute Gasteiger partial charge is 0.263 e. The van der Waals surface area contributed by atoms with Crippen LogP contribution in [-0.2, 0) is 14.3 Å². The number of hydrogen-bond donors (Lipinski definition) is 1. The van der Waals surface area contributed by atoms with Crippen LogP contribution in [0.2, 0.25) is 0 Å². The van der Waals surface area contributed by atoms with E-state index in [0.29, 0.717) is 25.5 Å². The lowest BCUT2D eigenvalue weighted by Crippen LogP contribution is -2.54. The van der Waals surface area contributed by atoms with Crippen LogP contribution < -0.4 is 5.73 Å². The van der Waals surface area contributed by atoms with Crippen LogP contribution in [0.5, 0.6) is 0 Å². The highest BCUT2D eigenvalue weighted by molar-refractivity contribution is 6.07. The molecular formula is C21H34N4O3. The van der Waals surface area contributed by atoms with Crippen molar-refractivity contribution in [3.8, 4) is 0 Å². The van der Waals surface area contributed by atoms with Crippen molar-refractivity contribution in [1.82, 2.24) is 9.80 Å². The van der Waals surface area contributed by atoms with Gasteiger partial charge < -0.3 is 15.4 Å². The molecule has 0 radical (unpaired) electrons. The standard InChI is InChI=1S/C21H34N4O3/c1-3-5-11-21(12-6-4-2)19(27)25(20(22)23-21)16-9-13-24(14-10-16)18(26)17-8-7-15-28-17/h7,15-17H,3-6,8-14H2,1-2H3,(H2,22,23). The van der Waals surface area contributed by atoms with Gasteiger partial charge in [0.25, 0.3) is 11.8 Å². The fourth-order valence-corrected chi connectivity index (χ4v) is 4.48. The molecule has 3 aliphatic rings. The highest BCUT2D eigenvalue weighted by Gasteiger charge is 2.49. The molecule has 28 heavy (non-hydrogen) atoms. The Hall–Kier alpha value is -2.05. The zero-order valence-electron chi connectivity index (χ0n) is 17.2. The number of aliphatic imine (C=N–C) groups is 1. The summed E-state index contributed by atoms with van der Waals surface area (Å²) in [6, 6.07) is 0.0213. The SMILES string of the molecule is CCCCC1(CCCC)N=C(N)N(C2CCN(C(=O)C3CC=CO3)CC2)C1=O. The molecule has 3 heterocycles. The Morgan fingerprint density at radius 1 is 1.25 bits per heavy atom. The van der Waals surface area contributed by atoms with Crippen molar-refractivity contribution in [2.24, 2.45) is 10.7 Å². The molecule has 0 saturated carbocycles. The summed E-state index contributed by atoms with van der Waals surface area (Å²) in [5.74, 6) is 0.475. The van der Waals surface area contributed by atoms with Crippen LogP contribution in [0.25, 0.3) is 0 Å². The first-order valence-corrected chi connectivity index (χ1v) is 10.8. The normalized spacial score (nSPS) is 24.6. The zero-order valence-corrected chi connectivity index (χ0v) is 17.2. The molecule has 1 unspecified atom stereocenters. The summed E-state index contributed by atoms with van der Waals surface area (Å²) in [7, 11) is 0. The molecule has 0 aromatic rings. The van der Waals surface area contributed by atoms with Gasteiger partial charge in [-0.15, -0.1) is 0 Å². The summed E-state index contributed by atoms with van der Waals surface area (Å²) in [5, 5.41) is 0. The highest BCUT2D eigenvalue weighted by atomic mass is 16.5. The van der Waals surface area contributed by atoms with E-state index < -0.39 is 5.54 Å². The average Bonchev–Trinajstić information content (AvgIpc) is 3.32. The van der Waals surface area contributed by atoms with Crippen LogP contribution >= 0.6 is 0 Å². The van der Waals surface area contributed by atoms with Gasteiger partial charge in [-0.1, -0.05) is 39.5 Å². The molecule has 0 aromatic carbocycles. The van der Waals surface area contributed by atoms with E-state index in [1.165, 1.54) is 0 Å². The lowest BCUT2D eigenvalue weighted by Gasteiger charge is -2.38. The van der Waals surface area contributed by atoms with Crippen LogP contribution in [0, 0.1) is 0 Å². The second kappa shape index (κ2) is 8.97. The maximum Gasteiger partial charge on any atom is 0.263 e. The summed E-state index contributed by atoms with van der Waals surface area (Å²) < 4.78 is 5.36. The Morgan fingerprint density at radius 3 is 2.43 bits per heavy atom. The van der Waals surface area contributed by atoms with Gasteiger partial charge in [0.2, 0.25) is 0 Å². The average molecular weight is 391 g/mol. The molecule has 1 fully saturated rings. The lowest BCUT2D eigenvalue weighted by atomic mass is 9.86. The fraction of sp³-hybridized carbons (Fsp3) is 0.762. The number of nitrogens with zero attached hydrogens (tertiary/aromatic N) is 3. The fourth-order valence-electron chi connectivity index (χ4n) is 4.48. The van der Waals surface area contributed by atoms with Gasteiger partial charge in [-0.3, -0.25) is 14.5 Å². The van der Waals surface area contributed by atoms with Gasteiger partial charge in [0, 0.05) is 25.6 Å². The summed E-state index contributed by atoms with van der Waals surface area (Å²) in [5.41, 5.74) is 5.59. The number of piperidine rings is 1. The molecule has 7 nitrogen and oxygen atoms in total. The van der Waals surface area contributed by atoms with Crippen molar-refractivity contribution >= 4 is 17.8 Å². The number of ether oxygens (including phenoxy) is 1. The van der Waals surface area contributed by atoms with Crippen molar-refractivity contribution < 1.29 is 14.3 Å². The summed E-state index contributed by atoms with van der Waals surface area (Å²) >= 11 is 0. The van der Waals surface area contributed by atoms with Crippen molar-refractivity contribution in [1.29, 1.82) is 0 Å². The number of rotatable bonds is 8. The van der Waals surface area contributed by atoms with Crippen LogP contribution in [0.4, 0.5) is 0 Å². The van der Waals surface area contributed by atoms with E-state index in [4.69, 9.17) is 15.5 Å². The van der Waals surface area contributed by atoms with Gasteiger partial charge in [0.1, 0.15) is 5.54 Å². The van der Waals surface area contributed by atoms with Crippen molar-refractivity contribution in [2.45, 2.75) is 89.3 Å². The molecule has 3 rings (SSSR count). The van der Waals surface area contributed by atoms with Crippen molar-refractivity contribution in [3.63, 3.8) is 0 Å². The van der Waals surface area contributed by atoms with E-state index in [1.807, 2.05) is 11.0 Å². The Morgan fingerprint density at radius 2 is 1.89 bits per heavy atom. The third-order valence-corrected chi connectivity index (χ3v) is 6.19. The Balaban J connectivity index is 1.63. The van der Waals surface area contributed by atoms with Crippen molar-refractivity contribution in [2.75, 3.05) is 13.1 Å². The third kappa shape index (κ3) is 4.03. The molecule has 0 aromatic heterocycles. The number of amides is 2. The Bertz CT molecular complexity index is 622. The van der Waals surface area contributed by atoms with E-state index >= 15 is 0 Å². The molecule has 0 aliphatic carbocycles. The van der Waals surface area contributed by atoms with Crippen LogP contribution in [0.15, 0.2) is 17.3 Å². The molecule has 2 N–H and O–H groups in total. The minimum absolute atomic E-state index is 0.0213. The van der Waals surface area contributed by atoms with Gasteiger partial charge in [-0.2, -0.15) is 0 Å². The van der Waals surface area contributed by atoms with Crippen LogP contribution in [-0.4, -0.2) is 58.3 Å². The highest BCUT2D eigenvalue weighted by Crippen LogP contribution is 2.35. The molecule has 156 valence electrons. The molecule has 0 bridgehead atoms. The number of carbonyl (C=O) groups excluding carboxylic acids is 2. The number of guanidine groups is 1. The molecule has 0 spiro atoms.